The Hall–Kier alpha value is -0.590. The maximum absolute atomic E-state index is 8.79. The molecule has 1 rings (SSSR count). The number of hydrogen-bond acceptors (Lipinski definition) is 3. The average molecular weight is 237 g/mol. The van der Waals surface area contributed by atoms with Crippen molar-refractivity contribution in [1.82, 2.24) is 9.80 Å². The average Bonchev–Trinajstić information content (AvgIpc) is 2.20. The predicted molar refractivity (Wildman–Crippen MR) is 71.8 cm³/mol. The molecule has 0 saturated carbocycles. The topological polar surface area (TPSA) is 30.3 Å². The van der Waals surface area contributed by atoms with Crippen LogP contribution in [0.15, 0.2) is 0 Å². The predicted octanol–water partition coefficient (Wildman–Crippen LogP) is 2.34. The Morgan fingerprint density at radius 3 is 2.65 bits per heavy atom. The highest BCUT2D eigenvalue weighted by Crippen LogP contribution is 2.32. The van der Waals surface area contributed by atoms with Gasteiger partial charge in [-0.05, 0) is 72.8 Å². The van der Waals surface area contributed by atoms with E-state index in [1.807, 2.05) is 0 Å². The van der Waals surface area contributed by atoms with E-state index >= 15 is 0 Å². The highest BCUT2D eigenvalue weighted by Gasteiger charge is 2.33. The third-order valence-corrected chi connectivity index (χ3v) is 3.86. The Morgan fingerprint density at radius 2 is 2.12 bits per heavy atom. The van der Waals surface area contributed by atoms with Crippen molar-refractivity contribution in [2.75, 3.05) is 33.7 Å². The smallest absolute Gasteiger partial charge is 0.0624 e. The summed E-state index contributed by atoms with van der Waals surface area (Å²) < 4.78 is 0. The molecule has 98 valence electrons. The molecular formula is C14H27N3. The van der Waals surface area contributed by atoms with Crippen LogP contribution >= 0.6 is 0 Å². The van der Waals surface area contributed by atoms with Crippen molar-refractivity contribution >= 4 is 0 Å². The molecule has 0 radical (unpaired) electrons. The maximum Gasteiger partial charge on any atom is 0.0624 e. The van der Waals surface area contributed by atoms with Crippen LogP contribution in [0.1, 0.15) is 39.5 Å². The molecule has 1 aliphatic heterocycles. The lowest BCUT2D eigenvalue weighted by Gasteiger charge is -2.45. The summed E-state index contributed by atoms with van der Waals surface area (Å²) in [6.07, 6.45) is 4.33. The molecular weight excluding hydrogens is 210 g/mol. The molecule has 1 saturated heterocycles. The third-order valence-electron chi connectivity index (χ3n) is 3.86. The Labute approximate surface area is 106 Å². The van der Waals surface area contributed by atoms with E-state index in [0.717, 1.165) is 19.5 Å². The highest BCUT2D eigenvalue weighted by atomic mass is 15.2. The Kier molecular flexibility index (Phi) is 5.42. The van der Waals surface area contributed by atoms with Gasteiger partial charge in [-0.1, -0.05) is 0 Å². The van der Waals surface area contributed by atoms with E-state index in [-0.39, 0.29) is 5.54 Å². The lowest BCUT2D eigenvalue weighted by molar-refractivity contribution is 0.0454. The molecule has 0 spiro atoms. The molecule has 0 aliphatic carbocycles. The SMILES string of the molecule is CN(C)CCCN1CCC(CC#N)CC1(C)C. The fourth-order valence-electron chi connectivity index (χ4n) is 2.87. The van der Waals surface area contributed by atoms with Crippen LogP contribution in [0.4, 0.5) is 0 Å². The zero-order valence-corrected chi connectivity index (χ0v) is 11.9. The highest BCUT2D eigenvalue weighted by molar-refractivity contribution is 4.92. The fourth-order valence-corrected chi connectivity index (χ4v) is 2.87. The van der Waals surface area contributed by atoms with Crippen LogP contribution in [-0.2, 0) is 0 Å². The van der Waals surface area contributed by atoms with Gasteiger partial charge in [0.1, 0.15) is 0 Å². The molecule has 1 fully saturated rings. The largest absolute Gasteiger partial charge is 0.309 e. The van der Waals surface area contributed by atoms with E-state index in [1.54, 1.807) is 0 Å². The molecule has 1 atom stereocenters. The molecule has 1 heterocycles. The molecule has 0 amide bonds. The normalized spacial score (nSPS) is 24.8. The van der Waals surface area contributed by atoms with Gasteiger partial charge >= 0.3 is 0 Å². The number of likely N-dealkylation sites (tertiary alicyclic amines) is 1. The lowest BCUT2D eigenvalue weighted by atomic mass is 9.81. The summed E-state index contributed by atoms with van der Waals surface area (Å²) in [6, 6.07) is 2.32. The molecule has 1 aliphatic rings. The van der Waals surface area contributed by atoms with Crippen LogP contribution < -0.4 is 0 Å². The molecule has 0 aromatic carbocycles. The van der Waals surface area contributed by atoms with E-state index in [1.165, 1.54) is 25.8 Å². The monoisotopic (exact) mass is 237 g/mol. The summed E-state index contributed by atoms with van der Waals surface area (Å²) in [5.41, 5.74) is 0.270. The van der Waals surface area contributed by atoms with Gasteiger partial charge < -0.3 is 4.90 Å². The molecule has 0 N–H and O–H groups in total. The molecule has 0 bridgehead atoms. The van der Waals surface area contributed by atoms with Gasteiger partial charge in [-0.3, -0.25) is 4.90 Å². The van der Waals surface area contributed by atoms with Gasteiger partial charge in [0, 0.05) is 12.0 Å². The van der Waals surface area contributed by atoms with Crippen LogP contribution in [0.25, 0.3) is 0 Å². The second-order valence-corrected chi connectivity index (χ2v) is 6.18. The minimum Gasteiger partial charge on any atom is -0.309 e. The summed E-state index contributed by atoms with van der Waals surface area (Å²) in [5.74, 6) is 0.611. The van der Waals surface area contributed by atoms with Crippen molar-refractivity contribution in [3.05, 3.63) is 0 Å². The van der Waals surface area contributed by atoms with Crippen molar-refractivity contribution in [3.63, 3.8) is 0 Å². The van der Waals surface area contributed by atoms with Crippen LogP contribution in [-0.4, -0.2) is 49.1 Å². The molecule has 3 nitrogen and oxygen atoms in total. The van der Waals surface area contributed by atoms with E-state index in [4.69, 9.17) is 5.26 Å². The van der Waals surface area contributed by atoms with E-state index in [0.29, 0.717) is 5.92 Å². The van der Waals surface area contributed by atoms with Crippen LogP contribution in [0.3, 0.4) is 0 Å². The van der Waals surface area contributed by atoms with Gasteiger partial charge in [0.15, 0.2) is 0 Å². The number of nitriles is 1. The minimum absolute atomic E-state index is 0.270. The van der Waals surface area contributed by atoms with Crippen molar-refractivity contribution in [3.8, 4) is 6.07 Å². The van der Waals surface area contributed by atoms with Gasteiger partial charge in [0.25, 0.3) is 0 Å². The molecule has 1 unspecified atom stereocenters. The Balaban J connectivity index is 2.39. The first-order chi connectivity index (χ1) is 7.95. The van der Waals surface area contributed by atoms with E-state index < -0.39 is 0 Å². The first kappa shape index (κ1) is 14.5. The zero-order valence-electron chi connectivity index (χ0n) is 11.9. The van der Waals surface area contributed by atoms with Crippen LogP contribution in [0, 0.1) is 17.2 Å². The molecule has 17 heavy (non-hydrogen) atoms. The summed E-state index contributed by atoms with van der Waals surface area (Å²) >= 11 is 0. The standard InChI is InChI=1S/C14H27N3/c1-14(2)12-13(6-8-15)7-11-17(14)10-5-9-16(3)4/h13H,5-7,9-12H2,1-4H3. The molecule has 0 aromatic heterocycles. The second-order valence-electron chi connectivity index (χ2n) is 6.18. The number of piperidine rings is 1. The van der Waals surface area contributed by atoms with Gasteiger partial charge in [0.2, 0.25) is 0 Å². The Morgan fingerprint density at radius 1 is 1.41 bits per heavy atom. The number of hydrogen-bond donors (Lipinski definition) is 0. The Bertz CT molecular complexity index is 265. The van der Waals surface area contributed by atoms with E-state index in [2.05, 4.69) is 43.8 Å². The van der Waals surface area contributed by atoms with Crippen molar-refractivity contribution in [1.29, 1.82) is 5.26 Å². The van der Waals surface area contributed by atoms with Crippen LogP contribution in [0.2, 0.25) is 0 Å². The van der Waals surface area contributed by atoms with Gasteiger partial charge in [-0.25, -0.2) is 0 Å². The van der Waals surface area contributed by atoms with Gasteiger partial charge in [-0.2, -0.15) is 5.26 Å². The summed E-state index contributed by atoms with van der Waals surface area (Å²) in [5, 5.41) is 8.79. The molecule has 0 aromatic rings. The fraction of sp³-hybridized carbons (Fsp3) is 0.929. The van der Waals surface area contributed by atoms with E-state index in [9.17, 15) is 0 Å². The van der Waals surface area contributed by atoms with Crippen LogP contribution in [0.5, 0.6) is 0 Å². The molecule has 3 heteroatoms. The number of nitrogens with zero attached hydrogens (tertiary/aromatic N) is 3. The third kappa shape index (κ3) is 4.65. The maximum atomic E-state index is 8.79. The second kappa shape index (κ2) is 6.37. The van der Waals surface area contributed by atoms with Gasteiger partial charge in [0.05, 0.1) is 6.07 Å². The minimum atomic E-state index is 0.270. The van der Waals surface area contributed by atoms with Crippen molar-refractivity contribution in [2.24, 2.45) is 5.92 Å². The van der Waals surface area contributed by atoms with Crippen molar-refractivity contribution in [2.45, 2.75) is 45.1 Å². The number of rotatable bonds is 5. The summed E-state index contributed by atoms with van der Waals surface area (Å²) in [7, 11) is 4.26. The zero-order chi connectivity index (χ0) is 12.9. The first-order valence-corrected chi connectivity index (χ1v) is 6.72. The lowest BCUT2D eigenvalue weighted by Crippen LogP contribution is -2.50. The van der Waals surface area contributed by atoms with Crippen molar-refractivity contribution < 1.29 is 0 Å². The first-order valence-electron chi connectivity index (χ1n) is 6.72. The summed E-state index contributed by atoms with van der Waals surface area (Å²) in [6.45, 7) is 8.16. The quantitative estimate of drug-likeness (QED) is 0.735. The van der Waals surface area contributed by atoms with Gasteiger partial charge in [-0.15, -0.1) is 0 Å². The summed E-state index contributed by atoms with van der Waals surface area (Å²) in [4.78, 5) is 4.85.